The third-order valence-corrected chi connectivity index (χ3v) is 2.52. The van der Waals surface area contributed by atoms with E-state index in [2.05, 4.69) is 43.5 Å². The number of hydrogen-bond donors (Lipinski definition) is 2. The summed E-state index contributed by atoms with van der Waals surface area (Å²) in [5, 5.41) is 7.06. The van der Waals surface area contributed by atoms with Crippen molar-refractivity contribution in [3.63, 3.8) is 0 Å². The lowest BCUT2D eigenvalue weighted by Gasteiger charge is -2.15. The van der Waals surface area contributed by atoms with Gasteiger partial charge in [-0.2, -0.15) is 0 Å². The first-order valence-corrected chi connectivity index (χ1v) is 5.67. The highest BCUT2D eigenvalue weighted by atomic mass is 32.1. The second-order valence-electron chi connectivity index (χ2n) is 3.77. The van der Waals surface area contributed by atoms with Crippen LogP contribution in [0.5, 0.6) is 0 Å². The molecule has 2 nitrogen and oxygen atoms in total. The van der Waals surface area contributed by atoms with E-state index in [9.17, 15) is 0 Å². The van der Waals surface area contributed by atoms with Gasteiger partial charge in [0, 0.05) is 11.7 Å². The largest absolute Gasteiger partial charge is 0.360 e. The van der Waals surface area contributed by atoms with E-state index < -0.39 is 0 Å². The zero-order chi connectivity index (χ0) is 11.3. The summed E-state index contributed by atoms with van der Waals surface area (Å²) < 4.78 is 0. The maximum Gasteiger partial charge on any atom is 0.170 e. The highest BCUT2D eigenvalue weighted by Crippen LogP contribution is 2.08. The van der Waals surface area contributed by atoms with E-state index in [1.54, 1.807) is 0 Å². The average molecular weight is 222 g/mol. The minimum absolute atomic E-state index is 0.412. The third kappa shape index (κ3) is 4.30. The van der Waals surface area contributed by atoms with Crippen molar-refractivity contribution in [3.05, 3.63) is 29.8 Å². The van der Waals surface area contributed by atoms with Gasteiger partial charge in [0.1, 0.15) is 0 Å². The van der Waals surface area contributed by atoms with Crippen LogP contribution < -0.4 is 10.6 Å². The van der Waals surface area contributed by atoms with Crippen LogP contribution in [0.25, 0.3) is 0 Å². The lowest BCUT2D eigenvalue weighted by Crippen LogP contribution is -2.35. The van der Waals surface area contributed by atoms with Gasteiger partial charge in [0.05, 0.1) is 0 Å². The van der Waals surface area contributed by atoms with Crippen molar-refractivity contribution in [1.29, 1.82) is 0 Å². The summed E-state index contributed by atoms with van der Waals surface area (Å²) in [6.07, 6.45) is 1.07. The monoisotopic (exact) mass is 222 g/mol. The maximum atomic E-state index is 5.19. The Hall–Kier alpha value is -1.09. The van der Waals surface area contributed by atoms with Crippen LogP contribution in [0.4, 0.5) is 5.69 Å². The number of anilines is 1. The first-order chi connectivity index (χ1) is 7.11. The van der Waals surface area contributed by atoms with Crippen molar-refractivity contribution in [1.82, 2.24) is 5.32 Å². The SMILES string of the molecule is CCC(C)NC(=S)Nc1ccc(C)cc1. The predicted molar refractivity (Wildman–Crippen MR) is 70.3 cm³/mol. The van der Waals surface area contributed by atoms with Crippen LogP contribution in [-0.4, -0.2) is 11.2 Å². The summed E-state index contributed by atoms with van der Waals surface area (Å²) in [6.45, 7) is 6.31. The molecule has 1 rings (SSSR count). The van der Waals surface area contributed by atoms with Crippen molar-refractivity contribution in [3.8, 4) is 0 Å². The van der Waals surface area contributed by atoms with Gasteiger partial charge in [0.25, 0.3) is 0 Å². The molecular formula is C12H18N2S. The van der Waals surface area contributed by atoms with E-state index >= 15 is 0 Å². The molecular weight excluding hydrogens is 204 g/mol. The van der Waals surface area contributed by atoms with Gasteiger partial charge in [-0.1, -0.05) is 24.6 Å². The molecule has 0 fully saturated rings. The van der Waals surface area contributed by atoms with Crippen molar-refractivity contribution in [2.45, 2.75) is 33.2 Å². The van der Waals surface area contributed by atoms with E-state index in [4.69, 9.17) is 12.2 Å². The van der Waals surface area contributed by atoms with Crippen LogP contribution >= 0.6 is 12.2 Å². The molecule has 0 aliphatic carbocycles. The molecule has 15 heavy (non-hydrogen) atoms. The first-order valence-electron chi connectivity index (χ1n) is 5.26. The molecule has 1 unspecified atom stereocenters. The van der Waals surface area contributed by atoms with Gasteiger partial charge in [0.2, 0.25) is 0 Å². The van der Waals surface area contributed by atoms with Crippen LogP contribution in [0, 0.1) is 6.92 Å². The fraction of sp³-hybridized carbons (Fsp3) is 0.417. The highest BCUT2D eigenvalue weighted by molar-refractivity contribution is 7.80. The van der Waals surface area contributed by atoms with Crippen LogP contribution in [0.1, 0.15) is 25.8 Å². The Bertz CT molecular complexity index is 319. The van der Waals surface area contributed by atoms with Gasteiger partial charge in [-0.25, -0.2) is 0 Å². The Morgan fingerprint density at radius 1 is 1.33 bits per heavy atom. The van der Waals surface area contributed by atoms with Crippen LogP contribution in [0.3, 0.4) is 0 Å². The minimum Gasteiger partial charge on any atom is -0.360 e. The summed E-state index contributed by atoms with van der Waals surface area (Å²) in [4.78, 5) is 0. The molecule has 0 amide bonds. The third-order valence-electron chi connectivity index (χ3n) is 2.30. The summed E-state index contributed by atoms with van der Waals surface area (Å²) in [5.74, 6) is 0. The van der Waals surface area contributed by atoms with Gasteiger partial charge >= 0.3 is 0 Å². The normalized spacial score (nSPS) is 11.9. The van der Waals surface area contributed by atoms with Gasteiger partial charge in [-0.15, -0.1) is 0 Å². The van der Waals surface area contributed by atoms with Crippen molar-refractivity contribution in [2.24, 2.45) is 0 Å². The van der Waals surface area contributed by atoms with E-state index in [-0.39, 0.29) is 0 Å². The van der Waals surface area contributed by atoms with E-state index in [1.165, 1.54) is 5.56 Å². The fourth-order valence-electron chi connectivity index (χ4n) is 1.13. The van der Waals surface area contributed by atoms with Crippen LogP contribution in [-0.2, 0) is 0 Å². The Morgan fingerprint density at radius 3 is 2.47 bits per heavy atom. The molecule has 0 aliphatic rings. The lowest BCUT2D eigenvalue weighted by molar-refractivity contribution is 0.646. The topological polar surface area (TPSA) is 24.1 Å². The molecule has 0 aromatic heterocycles. The fourth-order valence-corrected chi connectivity index (χ4v) is 1.45. The molecule has 0 saturated heterocycles. The molecule has 1 aromatic carbocycles. The molecule has 0 radical (unpaired) electrons. The quantitative estimate of drug-likeness (QED) is 0.769. The number of aryl methyl sites for hydroxylation is 1. The first kappa shape index (κ1) is 12.0. The van der Waals surface area contributed by atoms with Gasteiger partial charge < -0.3 is 10.6 Å². The molecule has 1 atom stereocenters. The standard InChI is InChI=1S/C12H18N2S/c1-4-10(3)13-12(15)14-11-7-5-9(2)6-8-11/h5-8,10H,4H2,1-3H3,(H2,13,14,15). The number of rotatable bonds is 3. The number of hydrogen-bond acceptors (Lipinski definition) is 1. The zero-order valence-electron chi connectivity index (χ0n) is 9.50. The van der Waals surface area contributed by atoms with Crippen molar-refractivity contribution < 1.29 is 0 Å². The molecule has 0 bridgehead atoms. The second-order valence-corrected chi connectivity index (χ2v) is 4.18. The molecule has 2 N–H and O–H groups in total. The van der Waals surface area contributed by atoms with Gasteiger partial charge in [-0.05, 0) is 44.6 Å². The summed E-state index contributed by atoms with van der Waals surface area (Å²) in [6, 6.07) is 8.60. The molecule has 0 aliphatic heterocycles. The maximum absolute atomic E-state index is 5.19. The zero-order valence-corrected chi connectivity index (χ0v) is 10.3. The lowest BCUT2D eigenvalue weighted by atomic mass is 10.2. The minimum atomic E-state index is 0.412. The molecule has 1 aromatic rings. The molecule has 0 heterocycles. The summed E-state index contributed by atoms with van der Waals surface area (Å²) >= 11 is 5.19. The van der Waals surface area contributed by atoms with Gasteiger partial charge in [-0.3, -0.25) is 0 Å². The Kier molecular flexibility index (Phi) is 4.56. The molecule has 3 heteroatoms. The van der Waals surface area contributed by atoms with Crippen molar-refractivity contribution in [2.75, 3.05) is 5.32 Å². The number of nitrogens with one attached hydrogen (secondary N) is 2. The predicted octanol–water partition coefficient (Wildman–Crippen LogP) is 3.08. The Balaban J connectivity index is 2.48. The van der Waals surface area contributed by atoms with Gasteiger partial charge in [0.15, 0.2) is 5.11 Å². The second kappa shape index (κ2) is 5.71. The van der Waals surface area contributed by atoms with E-state index in [0.717, 1.165) is 12.1 Å². The molecule has 0 saturated carbocycles. The Morgan fingerprint density at radius 2 is 1.93 bits per heavy atom. The highest BCUT2D eigenvalue weighted by Gasteiger charge is 2.01. The molecule has 82 valence electrons. The molecule has 0 spiro atoms. The summed E-state index contributed by atoms with van der Waals surface area (Å²) in [7, 11) is 0. The number of thiocarbonyl (C=S) groups is 1. The smallest absolute Gasteiger partial charge is 0.170 e. The summed E-state index contributed by atoms with van der Waals surface area (Å²) in [5.41, 5.74) is 2.28. The van der Waals surface area contributed by atoms with Crippen molar-refractivity contribution >= 4 is 23.0 Å². The van der Waals surface area contributed by atoms with E-state index in [1.807, 2.05) is 12.1 Å². The van der Waals surface area contributed by atoms with E-state index in [0.29, 0.717) is 11.2 Å². The Labute approximate surface area is 97.1 Å². The van der Waals surface area contributed by atoms with Crippen LogP contribution in [0.2, 0.25) is 0 Å². The number of benzene rings is 1. The van der Waals surface area contributed by atoms with Crippen LogP contribution in [0.15, 0.2) is 24.3 Å². The average Bonchev–Trinajstić information content (AvgIpc) is 2.21.